The normalized spacial score (nSPS) is 12.2. The van der Waals surface area contributed by atoms with E-state index in [4.69, 9.17) is 0 Å². The summed E-state index contributed by atoms with van der Waals surface area (Å²) in [5.74, 6) is -0.0722. The second-order valence-electron chi connectivity index (χ2n) is 5.57. The van der Waals surface area contributed by atoms with Crippen molar-refractivity contribution in [2.24, 2.45) is 0 Å². The van der Waals surface area contributed by atoms with Gasteiger partial charge in [0.15, 0.2) is 0 Å². The first kappa shape index (κ1) is 15.2. The van der Waals surface area contributed by atoms with Gasteiger partial charge in [-0.2, -0.15) is 5.10 Å². The summed E-state index contributed by atoms with van der Waals surface area (Å²) in [4.78, 5) is 16.5. The van der Waals surface area contributed by atoms with Gasteiger partial charge < -0.3 is 5.32 Å². The summed E-state index contributed by atoms with van der Waals surface area (Å²) < 4.78 is 1.94. The van der Waals surface area contributed by atoms with Crippen molar-refractivity contribution in [3.63, 3.8) is 0 Å². The Morgan fingerprint density at radius 3 is 2.29 bits per heavy atom. The van der Waals surface area contributed by atoms with Crippen molar-refractivity contribution >= 4 is 5.91 Å². The van der Waals surface area contributed by atoms with Gasteiger partial charge in [0, 0.05) is 29.2 Å². The van der Waals surface area contributed by atoms with Crippen molar-refractivity contribution in [2.45, 2.75) is 40.7 Å². The van der Waals surface area contributed by atoms with Crippen LogP contribution in [0.3, 0.4) is 0 Å². The van der Waals surface area contributed by atoms with Crippen LogP contribution in [0, 0.1) is 27.7 Å². The van der Waals surface area contributed by atoms with Gasteiger partial charge in [0.1, 0.15) is 0 Å². The van der Waals surface area contributed by atoms with Crippen LogP contribution in [-0.4, -0.2) is 27.2 Å². The zero-order valence-electron chi connectivity index (χ0n) is 13.3. The molecule has 2 aromatic rings. The Morgan fingerprint density at radius 1 is 1.14 bits per heavy atom. The second kappa shape index (κ2) is 6.08. The van der Waals surface area contributed by atoms with E-state index < -0.39 is 0 Å². The fraction of sp³-hybridized carbons (Fsp3) is 0.438. The SMILES string of the molecule is Cc1cc(C(=O)NCC(C)n2nc(C)cc2C)cc(C)n1. The Labute approximate surface area is 125 Å². The first-order valence-electron chi connectivity index (χ1n) is 7.13. The molecule has 1 atom stereocenters. The minimum atomic E-state index is -0.0722. The second-order valence-corrected chi connectivity index (χ2v) is 5.57. The van der Waals surface area contributed by atoms with Crippen molar-refractivity contribution in [2.75, 3.05) is 6.54 Å². The number of hydrogen-bond acceptors (Lipinski definition) is 3. The van der Waals surface area contributed by atoms with Gasteiger partial charge in [-0.1, -0.05) is 0 Å². The molecule has 5 heteroatoms. The molecule has 0 bridgehead atoms. The highest BCUT2D eigenvalue weighted by Gasteiger charge is 2.12. The number of nitrogens with zero attached hydrogens (tertiary/aromatic N) is 3. The number of aryl methyl sites for hydroxylation is 4. The van der Waals surface area contributed by atoms with Gasteiger partial charge in [0.2, 0.25) is 0 Å². The maximum atomic E-state index is 12.2. The minimum absolute atomic E-state index is 0.0722. The predicted octanol–water partition coefficient (Wildman–Crippen LogP) is 2.50. The third-order valence-electron chi connectivity index (χ3n) is 3.36. The molecule has 2 heterocycles. The summed E-state index contributed by atoms with van der Waals surface area (Å²) >= 11 is 0. The van der Waals surface area contributed by atoms with Crippen molar-refractivity contribution < 1.29 is 4.79 Å². The van der Waals surface area contributed by atoms with Gasteiger partial charge in [-0.15, -0.1) is 0 Å². The van der Waals surface area contributed by atoms with Crippen LogP contribution in [-0.2, 0) is 0 Å². The molecule has 2 rings (SSSR count). The van der Waals surface area contributed by atoms with E-state index in [9.17, 15) is 4.79 Å². The van der Waals surface area contributed by atoms with Crippen LogP contribution in [0.1, 0.15) is 46.1 Å². The smallest absolute Gasteiger partial charge is 0.251 e. The molecule has 0 saturated heterocycles. The number of rotatable bonds is 4. The molecule has 0 aliphatic rings. The van der Waals surface area contributed by atoms with E-state index in [1.165, 1.54) is 0 Å². The molecule has 0 spiro atoms. The standard InChI is InChI=1S/C16H22N4O/c1-10-7-15(8-11(2)18-10)16(21)17-9-14(5)20-13(4)6-12(3)19-20/h6-8,14H,9H2,1-5H3,(H,17,21). The zero-order valence-corrected chi connectivity index (χ0v) is 13.3. The first-order chi connectivity index (χ1) is 9.86. The number of amides is 1. The molecule has 5 nitrogen and oxygen atoms in total. The Balaban J connectivity index is 2.02. The molecule has 1 amide bonds. The van der Waals surface area contributed by atoms with E-state index in [1.54, 1.807) is 12.1 Å². The number of carbonyl (C=O) groups excluding carboxylic acids is 1. The number of pyridine rings is 1. The summed E-state index contributed by atoms with van der Waals surface area (Å²) in [6, 6.07) is 5.76. The van der Waals surface area contributed by atoms with Crippen LogP contribution in [0.2, 0.25) is 0 Å². The van der Waals surface area contributed by atoms with E-state index >= 15 is 0 Å². The maximum absolute atomic E-state index is 12.2. The largest absolute Gasteiger partial charge is 0.350 e. The highest BCUT2D eigenvalue weighted by Crippen LogP contribution is 2.10. The predicted molar refractivity (Wildman–Crippen MR) is 82.5 cm³/mol. The van der Waals surface area contributed by atoms with E-state index in [1.807, 2.05) is 45.4 Å². The molecular formula is C16H22N4O. The van der Waals surface area contributed by atoms with Gasteiger partial charge in [0.25, 0.3) is 5.91 Å². The molecule has 0 aliphatic carbocycles. The quantitative estimate of drug-likeness (QED) is 0.939. The first-order valence-corrected chi connectivity index (χ1v) is 7.13. The molecule has 21 heavy (non-hydrogen) atoms. The summed E-state index contributed by atoms with van der Waals surface area (Å²) in [5.41, 5.74) is 4.45. The molecule has 2 aromatic heterocycles. The lowest BCUT2D eigenvalue weighted by Crippen LogP contribution is -2.30. The Morgan fingerprint density at radius 2 is 1.76 bits per heavy atom. The van der Waals surface area contributed by atoms with E-state index in [-0.39, 0.29) is 11.9 Å². The van der Waals surface area contributed by atoms with Gasteiger partial charge in [0.05, 0.1) is 11.7 Å². The summed E-state index contributed by atoms with van der Waals surface area (Å²) in [6.45, 7) is 10.4. The summed E-state index contributed by atoms with van der Waals surface area (Å²) in [5, 5.41) is 7.41. The van der Waals surface area contributed by atoms with Gasteiger partial charge in [-0.25, -0.2) is 0 Å². The number of carbonyl (C=O) groups is 1. The van der Waals surface area contributed by atoms with Gasteiger partial charge in [-0.3, -0.25) is 14.5 Å². The van der Waals surface area contributed by atoms with Crippen molar-refractivity contribution in [1.82, 2.24) is 20.1 Å². The van der Waals surface area contributed by atoms with Crippen LogP contribution < -0.4 is 5.32 Å². The van der Waals surface area contributed by atoms with E-state index in [0.29, 0.717) is 12.1 Å². The molecule has 0 saturated carbocycles. The van der Waals surface area contributed by atoms with Gasteiger partial charge >= 0.3 is 0 Å². The number of nitrogens with one attached hydrogen (secondary N) is 1. The van der Waals surface area contributed by atoms with Crippen LogP contribution in [0.25, 0.3) is 0 Å². The van der Waals surface area contributed by atoms with Crippen molar-refractivity contribution in [3.05, 3.63) is 46.5 Å². The highest BCUT2D eigenvalue weighted by atomic mass is 16.1. The average Bonchev–Trinajstić information content (AvgIpc) is 2.73. The molecular weight excluding hydrogens is 264 g/mol. The molecule has 1 N–H and O–H groups in total. The van der Waals surface area contributed by atoms with Crippen LogP contribution in [0.4, 0.5) is 0 Å². The molecule has 0 aromatic carbocycles. The van der Waals surface area contributed by atoms with E-state index in [2.05, 4.69) is 15.4 Å². The minimum Gasteiger partial charge on any atom is -0.350 e. The lowest BCUT2D eigenvalue weighted by atomic mass is 10.2. The van der Waals surface area contributed by atoms with Gasteiger partial charge in [-0.05, 0) is 52.8 Å². The fourth-order valence-corrected chi connectivity index (χ4v) is 2.49. The molecule has 112 valence electrons. The summed E-state index contributed by atoms with van der Waals surface area (Å²) in [7, 11) is 0. The highest BCUT2D eigenvalue weighted by molar-refractivity contribution is 5.94. The third kappa shape index (κ3) is 3.68. The van der Waals surface area contributed by atoms with Crippen molar-refractivity contribution in [1.29, 1.82) is 0 Å². The molecule has 0 radical (unpaired) electrons. The lowest BCUT2D eigenvalue weighted by molar-refractivity contribution is 0.0947. The Bertz CT molecular complexity index is 640. The molecule has 1 unspecified atom stereocenters. The topological polar surface area (TPSA) is 59.8 Å². The molecule has 0 fully saturated rings. The zero-order chi connectivity index (χ0) is 15.6. The van der Waals surface area contributed by atoms with Crippen LogP contribution in [0.15, 0.2) is 18.2 Å². The maximum Gasteiger partial charge on any atom is 0.251 e. The lowest BCUT2D eigenvalue weighted by Gasteiger charge is -2.15. The van der Waals surface area contributed by atoms with Crippen LogP contribution in [0.5, 0.6) is 0 Å². The molecule has 0 aliphatic heterocycles. The number of aromatic nitrogens is 3. The average molecular weight is 286 g/mol. The van der Waals surface area contributed by atoms with Crippen LogP contribution >= 0.6 is 0 Å². The monoisotopic (exact) mass is 286 g/mol. The summed E-state index contributed by atoms with van der Waals surface area (Å²) in [6.07, 6.45) is 0. The Hall–Kier alpha value is -2.17. The van der Waals surface area contributed by atoms with E-state index in [0.717, 1.165) is 22.8 Å². The number of hydrogen-bond donors (Lipinski definition) is 1. The fourth-order valence-electron chi connectivity index (χ4n) is 2.49. The Kier molecular flexibility index (Phi) is 4.40. The third-order valence-corrected chi connectivity index (χ3v) is 3.36. The van der Waals surface area contributed by atoms with Crippen molar-refractivity contribution in [3.8, 4) is 0 Å².